The van der Waals surface area contributed by atoms with E-state index in [0.717, 1.165) is 6.42 Å². The van der Waals surface area contributed by atoms with E-state index in [-0.39, 0.29) is 5.41 Å². The Morgan fingerprint density at radius 2 is 1.50 bits per heavy atom. The van der Waals surface area contributed by atoms with Gasteiger partial charge in [0.05, 0.1) is 0 Å². The summed E-state index contributed by atoms with van der Waals surface area (Å²) in [5, 5.41) is 0. The Balaban J connectivity index is 1.34. The Kier molecular flexibility index (Phi) is 8.75. The summed E-state index contributed by atoms with van der Waals surface area (Å²) in [6.07, 6.45) is 22.0. The summed E-state index contributed by atoms with van der Waals surface area (Å²) in [6.45, 7) is 6.96. The van der Waals surface area contributed by atoms with Crippen LogP contribution in [0.2, 0.25) is 0 Å². The maximum Gasteiger partial charge on any atom is 0.0414 e. The van der Waals surface area contributed by atoms with Gasteiger partial charge in [0.1, 0.15) is 0 Å². The molecule has 1 heteroatoms. The van der Waals surface area contributed by atoms with E-state index in [1.807, 2.05) is 0 Å². The first-order valence-corrected chi connectivity index (χ1v) is 17.0. The Bertz CT molecular complexity index is 1460. The summed E-state index contributed by atoms with van der Waals surface area (Å²) < 4.78 is 0. The quantitative estimate of drug-likeness (QED) is 0.189. The van der Waals surface area contributed by atoms with E-state index in [1.54, 1.807) is 16.7 Å². The smallest absolute Gasteiger partial charge is 0.0414 e. The fraction of sp³-hybridized carbons (Fsp3) is 0.463. The van der Waals surface area contributed by atoms with Gasteiger partial charge in [-0.1, -0.05) is 125 Å². The molecule has 0 N–H and O–H groups in total. The molecule has 0 saturated carbocycles. The number of rotatable bonds is 13. The molecule has 0 radical (unpaired) electrons. The molecule has 220 valence electrons. The molecular weight excluding hydrogens is 506 g/mol. The van der Waals surface area contributed by atoms with Crippen molar-refractivity contribution < 1.29 is 0 Å². The summed E-state index contributed by atoms with van der Waals surface area (Å²) in [6, 6.07) is 23.6. The van der Waals surface area contributed by atoms with Crippen molar-refractivity contribution in [2.24, 2.45) is 0 Å². The lowest BCUT2D eigenvalue weighted by atomic mass is 9.68. The second kappa shape index (κ2) is 12.7. The van der Waals surface area contributed by atoms with Gasteiger partial charge in [-0.05, 0) is 96.2 Å². The highest BCUT2D eigenvalue weighted by Gasteiger charge is 2.47. The fourth-order valence-corrected chi connectivity index (χ4v) is 8.04. The van der Waals surface area contributed by atoms with E-state index in [2.05, 4.69) is 106 Å². The molecule has 1 nitrogen and oxygen atoms in total. The predicted octanol–water partition coefficient (Wildman–Crippen LogP) is 11.4. The zero-order valence-corrected chi connectivity index (χ0v) is 26.6. The van der Waals surface area contributed by atoms with E-state index in [0.29, 0.717) is 5.92 Å². The third kappa shape index (κ3) is 5.52. The molecule has 0 spiro atoms. The minimum absolute atomic E-state index is 0.182. The van der Waals surface area contributed by atoms with Crippen LogP contribution in [0.4, 0.5) is 5.69 Å². The average molecular weight is 558 g/mol. The van der Waals surface area contributed by atoms with Crippen molar-refractivity contribution in [3.05, 3.63) is 112 Å². The number of aryl methyl sites for hydroxylation is 3. The van der Waals surface area contributed by atoms with Gasteiger partial charge in [0.25, 0.3) is 0 Å². The highest BCUT2D eigenvalue weighted by Crippen LogP contribution is 2.58. The number of hydrogen-bond donors (Lipinski definition) is 0. The summed E-state index contributed by atoms with van der Waals surface area (Å²) in [5.41, 5.74) is 14.9. The number of nitrogens with zero attached hydrogens (tertiary/aromatic N) is 1. The molecule has 3 aromatic rings. The summed E-state index contributed by atoms with van der Waals surface area (Å²) in [5.74, 6) is 0.531. The summed E-state index contributed by atoms with van der Waals surface area (Å²) in [4.78, 5) is 2.45. The molecule has 0 amide bonds. The molecule has 42 heavy (non-hydrogen) atoms. The maximum absolute atomic E-state index is 2.63. The van der Waals surface area contributed by atoms with Gasteiger partial charge in [0, 0.05) is 29.8 Å². The molecule has 0 saturated heterocycles. The number of likely N-dealkylation sites (N-methyl/N-ethyl adjacent to an activating group) is 1. The molecule has 6 rings (SSSR count). The van der Waals surface area contributed by atoms with Gasteiger partial charge in [-0.15, -0.1) is 0 Å². The first kappa shape index (κ1) is 29.0. The molecule has 3 aromatic carbocycles. The number of anilines is 1. The van der Waals surface area contributed by atoms with Crippen LogP contribution >= 0.6 is 0 Å². The number of fused-ring (bicyclic) bond motifs is 4. The van der Waals surface area contributed by atoms with Crippen molar-refractivity contribution >= 4 is 5.69 Å². The first-order chi connectivity index (χ1) is 20.5. The second-order valence-corrected chi connectivity index (χ2v) is 13.4. The van der Waals surface area contributed by atoms with Crippen molar-refractivity contribution in [1.82, 2.24) is 0 Å². The average Bonchev–Trinajstić information content (AvgIpc) is 3.26. The van der Waals surface area contributed by atoms with Gasteiger partial charge in [0.15, 0.2) is 0 Å². The van der Waals surface area contributed by atoms with Crippen LogP contribution in [0.25, 0.3) is 11.1 Å². The second-order valence-electron chi connectivity index (χ2n) is 13.4. The first-order valence-electron chi connectivity index (χ1n) is 17.0. The van der Waals surface area contributed by atoms with Crippen LogP contribution < -0.4 is 4.90 Å². The van der Waals surface area contributed by atoms with Crippen LogP contribution in [-0.2, 0) is 18.3 Å². The Morgan fingerprint density at radius 3 is 2.19 bits per heavy atom. The van der Waals surface area contributed by atoms with Crippen molar-refractivity contribution in [3.63, 3.8) is 0 Å². The predicted molar refractivity (Wildman–Crippen MR) is 182 cm³/mol. The minimum Gasteiger partial charge on any atom is -0.345 e. The third-order valence-electron chi connectivity index (χ3n) is 10.6. The molecule has 1 atom stereocenters. The molecule has 1 unspecified atom stereocenters. The van der Waals surface area contributed by atoms with Crippen molar-refractivity contribution in [3.8, 4) is 11.1 Å². The molecule has 3 aliphatic carbocycles. The lowest BCUT2D eigenvalue weighted by Crippen LogP contribution is -2.29. The molecule has 0 bridgehead atoms. The number of hydrogen-bond acceptors (Lipinski definition) is 1. The van der Waals surface area contributed by atoms with E-state index >= 15 is 0 Å². The highest BCUT2D eigenvalue weighted by molar-refractivity contribution is 5.72. The van der Waals surface area contributed by atoms with Crippen molar-refractivity contribution in [2.75, 3.05) is 11.9 Å². The normalized spacial score (nSPS) is 18.0. The molecular formula is C41H51N. The number of unbranched alkanes of at least 4 members (excludes halogenated alkanes) is 6. The van der Waals surface area contributed by atoms with Gasteiger partial charge in [-0.3, -0.25) is 0 Å². The maximum atomic E-state index is 2.63. The van der Waals surface area contributed by atoms with Crippen LogP contribution in [0.5, 0.6) is 0 Å². The van der Waals surface area contributed by atoms with Crippen LogP contribution in [0, 0.1) is 6.92 Å². The Labute approximate surface area is 255 Å². The van der Waals surface area contributed by atoms with Crippen molar-refractivity contribution in [2.45, 2.75) is 116 Å². The Morgan fingerprint density at radius 1 is 0.762 bits per heavy atom. The molecule has 0 aromatic heterocycles. The Hall–Kier alpha value is -3.06. The van der Waals surface area contributed by atoms with E-state index < -0.39 is 0 Å². The fourth-order valence-electron chi connectivity index (χ4n) is 8.04. The van der Waals surface area contributed by atoms with Gasteiger partial charge in [-0.2, -0.15) is 0 Å². The lowest BCUT2D eigenvalue weighted by Gasteiger charge is -2.37. The highest BCUT2D eigenvalue weighted by atomic mass is 15.1. The SMILES string of the molecule is CCCCCCC1(CCCCCC)C2=CC(N(C)c3cccc(-c4ccc5c(c4)CC5)c3)=CCC2c2ccc(C)cc21. The van der Waals surface area contributed by atoms with Crippen LogP contribution in [0.15, 0.2) is 84.1 Å². The zero-order valence-electron chi connectivity index (χ0n) is 26.6. The number of benzene rings is 3. The summed E-state index contributed by atoms with van der Waals surface area (Å²) >= 11 is 0. The third-order valence-corrected chi connectivity index (χ3v) is 10.6. The largest absolute Gasteiger partial charge is 0.345 e. The zero-order chi connectivity index (χ0) is 29.1. The van der Waals surface area contributed by atoms with Crippen molar-refractivity contribution in [1.29, 1.82) is 0 Å². The summed E-state index contributed by atoms with van der Waals surface area (Å²) in [7, 11) is 2.27. The molecule has 0 fully saturated rings. The van der Waals surface area contributed by atoms with Gasteiger partial charge >= 0.3 is 0 Å². The van der Waals surface area contributed by atoms with Crippen LogP contribution in [0.3, 0.4) is 0 Å². The van der Waals surface area contributed by atoms with Crippen LogP contribution in [0.1, 0.15) is 118 Å². The minimum atomic E-state index is 0.182. The standard InChI is InChI=1S/C41H51N/c1-5-7-9-11-24-41(25-12-10-8-6-2)39-26-30(3)16-22-37(39)38-23-21-36(29-40(38)41)42(4)35-15-13-14-32(28-35)34-20-18-31-17-19-33(31)27-34/h13-16,18,20-22,26-29,38H,5-12,17,19,23-25H2,1-4H3. The van der Waals surface area contributed by atoms with E-state index in [1.165, 1.54) is 116 Å². The van der Waals surface area contributed by atoms with Gasteiger partial charge in [0.2, 0.25) is 0 Å². The lowest BCUT2D eigenvalue weighted by molar-refractivity contribution is 0.387. The van der Waals surface area contributed by atoms with E-state index in [9.17, 15) is 0 Å². The molecule has 0 heterocycles. The monoisotopic (exact) mass is 557 g/mol. The molecule has 3 aliphatic rings. The topological polar surface area (TPSA) is 3.24 Å². The number of allylic oxidation sites excluding steroid dienone is 3. The van der Waals surface area contributed by atoms with Gasteiger partial charge in [-0.25, -0.2) is 0 Å². The van der Waals surface area contributed by atoms with Gasteiger partial charge < -0.3 is 4.90 Å². The molecule has 0 aliphatic heterocycles. The van der Waals surface area contributed by atoms with Crippen LogP contribution in [-0.4, -0.2) is 7.05 Å². The van der Waals surface area contributed by atoms with E-state index in [4.69, 9.17) is 0 Å².